The highest BCUT2D eigenvalue weighted by atomic mass is 79.9. The van der Waals surface area contributed by atoms with E-state index in [1.54, 1.807) is 0 Å². The zero-order chi connectivity index (χ0) is 5.98. The average Bonchev–Trinajstić information content (AvgIpc) is 2.14. The predicted molar refractivity (Wildman–Crippen MR) is 43.0 cm³/mol. The molecule has 0 bridgehead atoms. The minimum Gasteiger partial charge on any atom is -0.390 e. The molecular weight excluding hydrogens is 225 g/mol. The molecule has 1 aromatic rings. The van der Waals surface area contributed by atoms with Crippen LogP contribution in [0.15, 0.2) is 9.30 Å². The SMILES string of the molecule is Cl.OCc1csc(Br)n1. The summed E-state index contributed by atoms with van der Waals surface area (Å²) in [7, 11) is 0. The molecule has 0 amide bonds. The maximum absolute atomic E-state index is 8.47. The van der Waals surface area contributed by atoms with Crippen molar-refractivity contribution in [1.29, 1.82) is 0 Å². The second-order valence-corrected chi connectivity index (χ2v) is 3.38. The number of nitrogens with zero attached hydrogens (tertiary/aromatic N) is 1. The molecule has 0 unspecified atom stereocenters. The third-order valence-corrected chi connectivity index (χ3v) is 2.10. The summed E-state index contributed by atoms with van der Waals surface area (Å²) >= 11 is 4.64. The Hall–Kier alpha value is 0.360. The van der Waals surface area contributed by atoms with Gasteiger partial charge in [0.05, 0.1) is 12.3 Å². The molecule has 1 aromatic heterocycles. The van der Waals surface area contributed by atoms with Crippen molar-refractivity contribution >= 4 is 39.7 Å². The molecule has 1 rings (SSSR count). The van der Waals surface area contributed by atoms with Crippen LogP contribution in [-0.2, 0) is 6.61 Å². The first kappa shape index (κ1) is 9.36. The molecule has 0 aliphatic heterocycles. The van der Waals surface area contributed by atoms with E-state index in [2.05, 4.69) is 20.9 Å². The monoisotopic (exact) mass is 229 g/mol. The van der Waals surface area contributed by atoms with Gasteiger partial charge in [0.15, 0.2) is 3.92 Å². The van der Waals surface area contributed by atoms with Crippen molar-refractivity contribution in [3.8, 4) is 0 Å². The molecule has 1 N–H and O–H groups in total. The van der Waals surface area contributed by atoms with Crippen LogP contribution in [0.1, 0.15) is 5.69 Å². The number of aromatic nitrogens is 1. The molecule has 0 saturated carbocycles. The molecule has 0 aliphatic rings. The maximum Gasteiger partial charge on any atom is 0.159 e. The van der Waals surface area contributed by atoms with Crippen LogP contribution in [0.5, 0.6) is 0 Å². The molecule has 0 saturated heterocycles. The van der Waals surface area contributed by atoms with Crippen LogP contribution in [0.3, 0.4) is 0 Å². The lowest BCUT2D eigenvalue weighted by Gasteiger charge is -1.78. The van der Waals surface area contributed by atoms with Gasteiger partial charge >= 0.3 is 0 Å². The van der Waals surface area contributed by atoms with Gasteiger partial charge in [0, 0.05) is 5.38 Å². The van der Waals surface area contributed by atoms with Crippen LogP contribution in [-0.4, -0.2) is 10.1 Å². The fraction of sp³-hybridized carbons (Fsp3) is 0.250. The first-order chi connectivity index (χ1) is 3.83. The summed E-state index contributed by atoms with van der Waals surface area (Å²) in [5, 5.41) is 10.3. The van der Waals surface area contributed by atoms with E-state index >= 15 is 0 Å². The van der Waals surface area contributed by atoms with Crippen molar-refractivity contribution in [2.75, 3.05) is 0 Å². The van der Waals surface area contributed by atoms with Crippen LogP contribution < -0.4 is 0 Å². The Morgan fingerprint density at radius 3 is 2.67 bits per heavy atom. The quantitative estimate of drug-likeness (QED) is 0.798. The van der Waals surface area contributed by atoms with Crippen molar-refractivity contribution in [2.45, 2.75) is 6.61 Å². The van der Waals surface area contributed by atoms with Crippen molar-refractivity contribution in [1.82, 2.24) is 4.98 Å². The van der Waals surface area contributed by atoms with Gasteiger partial charge in [-0.3, -0.25) is 0 Å². The minimum absolute atomic E-state index is 0. The maximum atomic E-state index is 8.47. The van der Waals surface area contributed by atoms with E-state index in [4.69, 9.17) is 5.11 Å². The van der Waals surface area contributed by atoms with Crippen molar-refractivity contribution < 1.29 is 5.11 Å². The molecule has 0 aliphatic carbocycles. The second kappa shape index (κ2) is 4.22. The lowest BCUT2D eigenvalue weighted by molar-refractivity contribution is 0.277. The minimum atomic E-state index is 0. The fourth-order valence-electron chi connectivity index (χ4n) is 0.355. The van der Waals surface area contributed by atoms with E-state index in [-0.39, 0.29) is 19.0 Å². The van der Waals surface area contributed by atoms with Crippen LogP contribution in [0.2, 0.25) is 0 Å². The second-order valence-electron chi connectivity index (χ2n) is 1.25. The van der Waals surface area contributed by atoms with Crippen molar-refractivity contribution in [3.05, 3.63) is 15.0 Å². The third-order valence-electron chi connectivity index (χ3n) is 0.686. The normalized spacial score (nSPS) is 8.67. The molecular formula is C4H5BrClNOS. The largest absolute Gasteiger partial charge is 0.390 e. The molecule has 0 aromatic carbocycles. The Morgan fingerprint density at radius 1 is 1.78 bits per heavy atom. The Kier molecular flexibility index (Phi) is 4.39. The smallest absolute Gasteiger partial charge is 0.159 e. The molecule has 52 valence electrons. The van der Waals surface area contributed by atoms with Gasteiger partial charge in [-0.1, -0.05) is 0 Å². The summed E-state index contributed by atoms with van der Waals surface area (Å²) in [5.41, 5.74) is 0.724. The number of halogens is 2. The van der Waals surface area contributed by atoms with Crippen LogP contribution >= 0.6 is 39.7 Å². The molecule has 0 atom stereocenters. The summed E-state index contributed by atoms with van der Waals surface area (Å²) in [4.78, 5) is 3.91. The van der Waals surface area contributed by atoms with Gasteiger partial charge in [-0.2, -0.15) is 0 Å². The molecule has 0 spiro atoms. The Balaban J connectivity index is 0.000000640. The highest BCUT2D eigenvalue weighted by Crippen LogP contribution is 2.15. The van der Waals surface area contributed by atoms with Crippen LogP contribution in [0, 0.1) is 0 Å². The standard InChI is InChI=1S/C4H4BrNOS.ClH/c5-4-6-3(1-7)2-8-4;/h2,7H,1H2;1H. The summed E-state index contributed by atoms with van der Waals surface area (Å²) in [6.45, 7) is 0.0299. The first-order valence-corrected chi connectivity index (χ1v) is 3.71. The Bertz CT molecular complexity index is 181. The number of aliphatic hydroxyl groups is 1. The first-order valence-electron chi connectivity index (χ1n) is 2.03. The van der Waals surface area contributed by atoms with E-state index in [0.717, 1.165) is 9.61 Å². The molecule has 0 fully saturated rings. The van der Waals surface area contributed by atoms with Gasteiger partial charge in [-0.05, 0) is 15.9 Å². The predicted octanol–water partition coefficient (Wildman–Crippen LogP) is 1.82. The van der Waals surface area contributed by atoms with Crippen molar-refractivity contribution in [2.24, 2.45) is 0 Å². The molecule has 9 heavy (non-hydrogen) atoms. The van der Waals surface area contributed by atoms with Crippen LogP contribution in [0.4, 0.5) is 0 Å². The summed E-state index contributed by atoms with van der Waals surface area (Å²) in [6, 6.07) is 0. The zero-order valence-corrected chi connectivity index (χ0v) is 7.59. The molecule has 2 nitrogen and oxygen atoms in total. The average molecular weight is 231 g/mol. The van der Waals surface area contributed by atoms with Gasteiger partial charge in [0.1, 0.15) is 0 Å². The van der Waals surface area contributed by atoms with Crippen molar-refractivity contribution in [3.63, 3.8) is 0 Å². The lowest BCUT2D eigenvalue weighted by atomic mass is 10.5. The Labute approximate surface area is 71.5 Å². The molecule has 5 heteroatoms. The van der Waals surface area contributed by atoms with E-state index < -0.39 is 0 Å². The molecule has 0 radical (unpaired) electrons. The van der Waals surface area contributed by atoms with E-state index in [0.29, 0.717) is 0 Å². The summed E-state index contributed by atoms with van der Waals surface area (Å²) in [6.07, 6.45) is 0. The van der Waals surface area contributed by atoms with Gasteiger partial charge in [0.2, 0.25) is 0 Å². The van der Waals surface area contributed by atoms with Gasteiger partial charge in [-0.25, -0.2) is 4.98 Å². The summed E-state index contributed by atoms with van der Waals surface area (Å²) in [5.74, 6) is 0. The van der Waals surface area contributed by atoms with E-state index in [1.165, 1.54) is 11.3 Å². The third kappa shape index (κ3) is 2.62. The fourth-order valence-corrected chi connectivity index (χ4v) is 1.39. The number of thiazole rings is 1. The lowest BCUT2D eigenvalue weighted by Crippen LogP contribution is -1.78. The zero-order valence-electron chi connectivity index (χ0n) is 4.37. The number of hydrogen-bond donors (Lipinski definition) is 1. The number of rotatable bonds is 1. The Morgan fingerprint density at radius 2 is 2.44 bits per heavy atom. The molecule has 1 heterocycles. The van der Waals surface area contributed by atoms with Gasteiger partial charge < -0.3 is 5.11 Å². The van der Waals surface area contributed by atoms with Crippen LogP contribution in [0.25, 0.3) is 0 Å². The number of hydrogen-bond acceptors (Lipinski definition) is 3. The highest BCUT2D eigenvalue weighted by Gasteiger charge is 1.93. The number of aliphatic hydroxyl groups excluding tert-OH is 1. The van der Waals surface area contributed by atoms with E-state index in [1.807, 2.05) is 5.38 Å². The topological polar surface area (TPSA) is 33.1 Å². The highest BCUT2D eigenvalue weighted by molar-refractivity contribution is 9.11. The van der Waals surface area contributed by atoms with Gasteiger partial charge in [0.25, 0.3) is 0 Å². The van der Waals surface area contributed by atoms with Gasteiger partial charge in [-0.15, -0.1) is 23.7 Å². The van der Waals surface area contributed by atoms with E-state index in [9.17, 15) is 0 Å². The summed E-state index contributed by atoms with van der Waals surface area (Å²) < 4.78 is 0.821.